The van der Waals surface area contributed by atoms with E-state index in [2.05, 4.69) is 68.4 Å². The summed E-state index contributed by atoms with van der Waals surface area (Å²) in [4.78, 5) is 2.54. The maximum atomic E-state index is 5.81. The predicted octanol–water partition coefficient (Wildman–Crippen LogP) is 2.69. The molecule has 1 fully saturated rings. The Balaban J connectivity index is 1.97. The van der Waals surface area contributed by atoms with Crippen LogP contribution in [0.1, 0.15) is 32.4 Å². The normalized spacial score (nSPS) is 27.2. The van der Waals surface area contributed by atoms with Crippen LogP contribution in [0, 0.1) is 5.92 Å². The van der Waals surface area contributed by atoms with Gasteiger partial charge in [0.1, 0.15) is 0 Å². The molecule has 4 atom stereocenters. The molecule has 0 saturated carbocycles. The first-order valence-electron chi connectivity index (χ1n) is 7.70. The molecule has 1 aromatic rings. The number of nitrogens with one attached hydrogen (secondary N) is 1. The van der Waals surface area contributed by atoms with Crippen LogP contribution in [0.25, 0.3) is 0 Å². The molecule has 4 unspecified atom stereocenters. The third-order valence-corrected chi connectivity index (χ3v) is 4.08. The molecule has 0 aromatic heterocycles. The number of ether oxygens (including phenoxy) is 1. The molecule has 3 nitrogen and oxygen atoms in total. The molecule has 0 aliphatic carbocycles. The van der Waals surface area contributed by atoms with Gasteiger partial charge in [-0.25, -0.2) is 0 Å². The Morgan fingerprint density at radius 3 is 2.35 bits per heavy atom. The van der Waals surface area contributed by atoms with Crippen LogP contribution >= 0.6 is 0 Å². The zero-order chi connectivity index (χ0) is 14.5. The molecule has 2 rings (SSSR count). The summed E-state index contributed by atoms with van der Waals surface area (Å²) < 4.78 is 5.81. The molecule has 1 aromatic carbocycles. The molecule has 112 valence electrons. The average molecular weight is 276 g/mol. The van der Waals surface area contributed by atoms with E-state index in [0.29, 0.717) is 24.2 Å². The van der Waals surface area contributed by atoms with Crippen LogP contribution in [0.15, 0.2) is 30.3 Å². The first kappa shape index (κ1) is 15.5. The van der Waals surface area contributed by atoms with Gasteiger partial charge >= 0.3 is 0 Å². The van der Waals surface area contributed by atoms with Gasteiger partial charge in [-0.3, -0.25) is 4.90 Å². The Hall–Kier alpha value is -0.900. The highest BCUT2D eigenvalue weighted by atomic mass is 16.5. The molecule has 1 N–H and O–H groups in total. The Bertz CT molecular complexity index is 385. The fourth-order valence-corrected chi connectivity index (χ4v) is 3.39. The molecule has 1 aliphatic heterocycles. The second-order valence-electron chi connectivity index (χ2n) is 6.13. The maximum absolute atomic E-state index is 5.81. The summed E-state index contributed by atoms with van der Waals surface area (Å²) in [5, 5.41) is 3.47. The molecule has 0 bridgehead atoms. The van der Waals surface area contributed by atoms with Crippen LogP contribution in [0.3, 0.4) is 0 Å². The van der Waals surface area contributed by atoms with Crippen LogP contribution in [-0.4, -0.2) is 43.8 Å². The van der Waals surface area contributed by atoms with E-state index in [-0.39, 0.29) is 0 Å². The molecule has 0 amide bonds. The van der Waals surface area contributed by atoms with E-state index >= 15 is 0 Å². The van der Waals surface area contributed by atoms with Crippen molar-refractivity contribution in [3.8, 4) is 0 Å². The molecule has 0 radical (unpaired) electrons. The molecular formula is C17H28N2O. The van der Waals surface area contributed by atoms with Crippen molar-refractivity contribution in [3.63, 3.8) is 0 Å². The highest BCUT2D eigenvalue weighted by Gasteiger charge is 2.26. The van der Waals surface area contributed by atoms with Crippen molar-refractivity contribution < 1.29 is 4.74 Å². The fourth-order valence-electron chi connectivity index (χ4n) is 3.39. The molecule has 1 heterocycles. The van der Waals surface area contributed by atoms with Crippen LogP contribution in [-0.2, 0) is 4.74 Å². The van der Waals surface area contributed by atoms with Crippen molar-refractivity contribution in [2.24, 2.45) is 5.92 Å². The second kappa shape index (κ2) is 7.21. The van der Waals surface area contributed by atoms with E-state index in [1.54, 1.807) is 0 Å². The van der Waals surface area contributed by atoms with Crippen molar-refractivity contribution in [1.82, 2.24) is 10.2 Å². The van der Waals surface area contributed by atoms with E-state index in [1.165, 1.54) is 5.56 Å². The lowest BCUT2D eigenvalue weighted by molar-refractivity contribution is -0.0719. The Labute approximate surface area is 123 Å². The van der Waals surface area contributed by atoms with Gasteiger partial charge in [-0.1, -0.05) is 37.3 Å². The topological polar surface area (TPSA) is 24.5 Å². The molecule has 0 spiro atoms. The standard InChI is InChI=1S/C17H28N2O/c1-13(10-19-11-14(2)20-15(3)12-19)17(18-4)16-8-6-5-7-9-16/h5-9,13-15,17-18H,10-12H2,1-4H3. The van der Waals surface area contributed by atoms with Gasteiger partial charge in [0.05, 0.1) is 12.2 Å². The monoisotopic (exact) mass is 276 g/mol. The molecule has 3 heteroatoms. The van der Waals surface area contributed by atoms with E-state index in [4.69, 9.17) is 4.74 Å². The number of morpholine rings is 1. The van der Waals surface area contributed by atoms with Crippen molar-refractivity contribution in [3.05, 3.63) is 35.9 Å². The van der Waals surface area contributed by atoms with Crippen LogP contribution in [0.2, 0.25) is 0 Å². The summed E-state index contributed by atoms with van der Waals surface area (Å²) in [5.41, 5.74) is 1.37. The van der Waals surface area contributed by atoms with E-state index in [9.17, 15) is 0 Å². The largest absolute Gasteiger partial charge is 0.373 e. The first-order chi connectivity index (χ1) is 9.60. The SMILES string of the molecule is CNC(c1ccccc1)C(C)CN1CC(C)OC(C)C1. The maximum Gasteiger partial charge on any atom is 0.0678 e. The zero-order valence-electron chi connectivity index (χ0n) is 13.2. The smallest absolute Gasteiger partial charge is 0.0678 e. The highest BCUT2D eigenvalue weighted by Crippen LogP contribution is 2.23. The van der Waals surface area contributed by atoms with Gasteiger partial charge in [-0.15, -0.1) is 0 Å². The third kappa shape index (κ3) is 4.05. The van der Waals surface area contributed by atoms with Gasteiger partial charge in [0.25, 0.3) is 0 Å². The summed E-state index contributed by atoms with van der Waals surface area (Å²) in [7, 11) is 2.05. The van der Waals surface area contributed by atoms with Gasteiger partial charge < -0.3 is 10.1 Å². The van der Waals surface area contributed by atoms with Crippen LogP contribution in [0.4, 0.5) is 0 Å². The Kier molecular flexibility index (Phi) is 5.58. The number of hydrogen-bond donors (Lipinski definition) is 1. The van der Waals surface area contributed by atoms with Crippen LogP contribution < -0.4 is 5.32 Å². The molecule has 1 saturated heterocycles. The minimum Gasteiger partial charge on any atom is -0.373 e. The zero-order valence-corrected chi connectivity index (χ0v) is 13.2. The quantitative estimate of drug-likeness (QED) is 0.895. The lowest BCUT2D eigenvalue weighted by Gasteiger charge is -2.38. The summed E-state index contributed by atoms with van der Waals surface area (Å²) in [6.07, 6.45) is 0.687. The van der Waals surface area contributed by atoms with Crippen molar-refractivity contribution in [2.75, 3.05) is 26.7 Å². The van der Waals surface area contributed by atoms with Crippen molar-refractivity contribution in [2.45, 2.75) is 39.0 Å². The third-order valence-electron chi connectivity index (χ3n) is 4.08. The lowest BCUT2D eigenvalue weighted by Crippen LogP contribution is -2.47. The molecular weight excluding hydrogens is 248 g/mol. The van der Waals surface area contributed by atoms with Gasteiger partial charge in [-0.05, 0) is 32.4 Å². The van der Waals surface area contributed by atoms with E-state index < -0.39 is 0 Å². The van der Waals surface area contributed by atoms with Gasteiger partial charge in [0.2, 0.25) is 0 Å². The second-order valence-corrected chi connectivity index (χ2v) is 6.13. The lowest BCUT2D eigenvalue weighted by atomic mass is 9.94. The summed E-state index contributed by atoms with van der Waals surface area (Å²) >= 11 is 0. The average Bonchev–Trinajstić information content (AvgIpc) is 2.39. The van der Waals surface area contributed by atoms with Gasteiger partial charge in [0, 0.05) is 25.7 Å². The Morgan fingerprint density at radius 2 is 1.80 bits per heavy atom. The van der Waals surface area contributed by atoms with Crippen LogP contribution in [0.5, 0.6) is 0 Å². The van der Waals surface area contributed by atoms with Gasteiger partial charge in [-0.2, -0.15) is 0 Å². The van der Waals surface area contributed by atoms with E-state index in [1.807, 2.05) is 0 Å². The summed E-state index contributed by atoms with van der Waals surface area (Å²) in [5.74, 6) is 0.569. The highest BCUT2D eigenvalue weighted by molar-refractivity contribution is 5.19. The first-order valence-corrected chi connectivity index (χ1v) is 7.70. The summed E-state index contributed by atoms with van der Waals surface area (Å²) in [6.45, 7) is 9.86. The summed E-state index contributed by atoms with van der Waals surface area (Å²) in [6, 6.07) is 11.1. The Morgan fingerprint density at radius 1 is 1.20 bits per heavy atom. The fraction of sp³-hybridized carbons (Fsp3) is 0.647. The minimum absolute atomic E-state index is 0.343. The number of benzene rings is 1. The number of hydrogen-bond acceptors (Lipinski definition) is 3. The number of nitrogens with zero attached hydrogens (tertiary/aromatic N) is 1. The van der Waals surface area contributed by atoms with Crippen molar-refractivity contribution >= 4 is 0 Å². The molecule has 20 heavy (non-hydrogen) atoms. The van der Waals surface area contributed by atoms with Crippen molar-refractivity contribution in [1.29, 1.82) is 0 Å². The van der Waals surface area contributed by atoms with Gasteiger partial charge in [0.15, 0.2) is 0 Å². The van der Waals surface area contributed by atoms with E-state index in [0.717, 1.165) is 19.6 Å². The number of rotatable bonds is 5. The minimum atomic E-state index is 0.343. The predicted molar refractivity (Wildman–Crippen MR) is 83.9 cm³/mol. The molecule has 1 aliphatic rings.